The summed E-state index contributed by atoms with van der Waals surface area (Å²) in [5.41, 5.74) is 0.716. The summed E-state index contributed by atoms with van der Waals surface area (Å²) in [5.74, 6) is 0.213. The normalized spacial score (nSPS) is 21.6. The first-order chi connectivity index (χ1) is 7.45. The quantitative estimate of drug-likeness (QED) is 0.477. The van der Waals surface area contributed by atoms with Gasteiger partial charge < -0.3 is 4.74 Å². The van der Waals surface area contributed by atoms with Crippen LogP contribution in [0.3, 0.4) is 0 Å². The Hall–Kier alpha value is -1.00. The minimum Gasteiger partial charge on any atom is -0.490 e. The molecule has 0 radical (unpaired) electrons. The monoisotopic (exact) mass is 261 g/mol. The van der Waals surface area contributed by atoms with E-state index in [9.17, 15) is 10.1 Å². The molecule has 16 heavy (non-hydrogen) atoms. The summed E-state index contributed by atoms with van der Waals surface area (Å²) in [6, 6.07) is 4.79. The molecule has 0 saturated heterocycles. The van der Waals surface area contributed by atoms with Gasteiger partial charge in [-0.3, -0.25) is 10.1 Å². The van der Waals surface area contributed by atoms with E-state index in [2.05, 4.69) is 0 Å². The third-order valence-corrected chi connectivity index (χ3v) is 3.46. The average Bonchev–Trinajstić information content (AvgIpc) is 2.86. The van der Waals surface area contributed by atoms with Gasteiger partial charge >= 0.3 is 5.69 Å². The van der Waals surface area contributed by atoms with Crippen molar-refractivity contribution < 1.29 is 9.66 Å². The first kappa shape index (κ1) is 11.5. The largest absolute Gasteiger partial charge is 0.490 e. The number of nitro benzene ring substituents is 1. The third kappa shape index (κ3) is 1.95. The number of nitro groups is 1. The molecule has 0 spiro atoms. The summed E-state index contributed by atoms with van der Waals surface area (Å²) in [7, 11) is 1.40. The Morgan fingerprint density at radius 1 is 1.56 bits per heavy atom. The molecular formula is C10H9Cl2NO3. The van der Waals surface area contributed by atoms with Crippen LogP contribution < -0.4 is 4.74 Å². The highest BCUT2D eigenvalue weighted by Crippen LogP contribution is 2.60. The lowest BCUT2D eigenvalue weighted by Crippen LogP contribution is -1.96. The zero-order valence-corrected chi connectivity index (χ0v) is 9.96. The summed E-state index contributed by atoms with van der Waals surface area (Å²) >= 11 is 11.8. The number of rotatable bonds is 3. The highest BCUT2D eigenvalue weighted by Gasteiger charge is 2.52. The molecule has 0 N–H and O–H groups in total. The van der Waals surface area contributed by atoms with Gasteiger partial charge in [0.2, 0.25) is 0 Å². The molecule has 1 aromatic carbocycles. The van der Waals surface area contributed by atoms with Crippen LogP contribution in [0.15, 0.2) is 18.2 Å². The fraction of sp³-hybridized carbons (Fsp3) is 0.400. The van der Waals surface area contributed by atoms with Gasteiger partial charge in [0.15, 0.2) is 5.75 Å². The molecular weight excluding hydrogens is 253 g/mol. The van der Waals surface area contributed by atoms with Gasteiger partial charge in [0.05, 0.1) is 12.0 Å². The highest BCUT2D eigenvalue weighted by atomic mass is 35.5. The van der Waals surface area contributed by atoms with Crippen molar-refractivity contribution in [2.75, 3.05) is 7.11 Å². The molecule has 0 aromatic heterocycles. The lowest BCUT2D eigenvalue weighted by Gasteiger charge is -2.04. The average molecular weight is 262 g/mol. The van der Waals surface area contributed by atoms with E-state index >= 15 is 0 Å². The first-order valence-electron chi connectivity index (χ1n) is 4.66. The second kappa shape index (κ2) is 3.79. The van der Waals surface area contributed by atoms with Crippen LogP contribution in [0.1, 0.15) is 17.9 Å². The van der Waals surface area contributed by atoms with E-state index in [0.29, 0.717) is 6.42 Å². The Balaban J connectivity index is 2.37. The number of ether oxygens (including phenoxy) is 1. The molecule has 2 rings (SSSR count). The summed E-state index contributed by atoms with van der Waals surface area (Å²) in [6.45, 7) is 0. The molecule has 1 aliphatic carbocycles. The highest BCUT2D eigenvalue weighted by molar-refractivity contribution is 6.51. The topological polar surface area (TPSA) is 52.4 Å². The summed E-state index contributed by atoms with van der Waals surface area (Å²) < 4.78 is 4.13. The standard InChI is InChI=1S/C10H9Cl2NO3/c1-16-9-3-2-6(4-8(9)13(14)15)7-5-10(7,11)12/h2-4,7H,5H2,1H3/t7-/m1/s1. The smallest absolute Gasteiger partial charge is 0.311 e. The Morgan fingerprint density at radius 3 is 2.62 bits per heavy atom. The molecule has 1 saturated carbocycles. The molecule has 0 heterocycles. The number of nitrogens with zero attached hydrogens (tertiary/aromatic N) is 1. The molecule has 0 unspecified atom stereocenters. The lowest BCUT2D eigenvalue weighted by molar-refractivity contribution is -0.385. The van der Waals surface area contributed by atoms with Crippen molar-refractivity contribution in [2.24, 2.45) is 0 Å². The van der Waals surface area contributed by atoms with Crippen molar-refractivity contribution >= 4 is 28.9 Å². The number of alkyl halides is 2. The molecule has 0 bridgehead atoms. The maximum Gasteiger partial charge on any atom is 0.311 e. The molecule has 86 valence electrons. The van der Waals surface area contributed by atoms with Crippen LogP contribution in [-0.2, 0) is 0 Å². The molecule has 0 amide bonds. The Morgan fingerprint density at radius 2 is 2.19 bits per heavy atom. The zero-order valence-electron chi connectivity index (χ0n) is 8.44. The van der Waals surface area contributed by atoms with Crippen molar-refractivity contribution in [3.05, 3.63) is 33.9 Å². The SMILES string of the molecule is COc1ccc([C@H]2CC2(Cl)Cl)cc1[N+](=O)[O-]. The fourth-order valence-electron chi connectivity index (χ4n) is 1.64. The number of benzene rings is 1. The summed E-state index contributed by atoms with van der Waals surface area (Å²) in [6.07, 6.45) is 0.625. The first-order valence-corrected chi connectivity index (χ1v) is 5.41. The van der Waals surface area contributed by atoms with Gasteiger partial charge in [-0.05, 0) is 18.1 Å². The van der Waals surface area contributed by atoms with Crippen LogP contribution >= 0.6 is 23.2 Å². The van der Waals surface area contributed by atoms with Crippen molar-refractivity contribution in [1.82, 2.24) is 0 Å². The van der Waals surface area contributed by atoms with Gasteiger partial charge in [0.25, 0.3) is 0 Å². The number of hydrogen-bond donors (Lipinski definition) is 0. The van der Waals surface area contributed by atoms with Gasteiger partial charge in [-0.25, -0.2) is 0 Å². The predicted molar refractivity (Wildman–Crippen MR) is 61.4 cm³/mol. The van der Waals surface area contributed by atoms with Crippen LogP contribution in [0.5, 0.6) is 5.75 Å². The minimum atomic E-state index is -0.775. The minimum absolute atomic E-state index is 0.0274. The second-order valence-corrected chi connectivity index (χ2v) is 5.25. The van der Waals surface area contributed by atoms with E-state index < -0.39 is 9.26 Å². The van der Waals surface area contributed by atoms with E-state index in [0.717, 1.165) is 5.56 Å². The zero-order chi connectivity index (χ0) is 11.9. The van der Waals surface area contributed by atoms with Crippen molar-refractivity contribution in [3.8, 4) is 5.75 Å². The second-order valence-electron chi connectivity index (χ2n) is 3.71. The van der Waals surface area contributed by atoms with Gasteiger partial charge in [0.1, 0.15) is 4.33 Å². The van der Waals surface area contributed by atoms with Crippen molar-refractivity contribution in [2.45, 2.75) is 16.7 Å². The van der Waals surface area contributed by atoms with Crippen LogP contribution in [-0.4, -0.2) is 16.4 Å². The molecule has 0 aliphatic heterocycles. The molecule has 6 heteroatoms. The molecule has 1 aromatic rings. The van der Waals surface area contributed by atoms with Gasteiger partial charge in [0, 0.05) is 12.0 Å². The lowest BCUT2D eigenvalue weighted by atomic mass is 10.1. The third-order valence-electron chi connectivity index (χ3n) is 2.63. The molecule has 4 nitrogen and oxygen atoms in total. The van der Waals surface area contributed by atoms with Crippen molar-refractivity contribution in [3.63, 3.8) is 0 Å². The van der Waals surface area contributed by atoms with Gasteiger partial charge in [-0.2, -0.15) is 0 Å². The Kier molecular flexibility index (Phi) is 2.72. The van der Waals surface area contributed by atoms with Gasteiger partial charge in [-0.1, -0.05) is 6.07 Å². The number of methoxy groups -OCH3 is 1. The van der Waals surface area contributed by atoms with E-state index in [4.69, 9.17) is 27.9 Å². The van der Waals surface area contributed by atoms with E-state index in [1.165, 1.54) is 13.2 Å². The summed E-state index contributed by atoms with van der Waals surface area (Å²) in [5, 5.41) is 10.8. The molecule has 1 atom stereocenters. The Bertz CT molecular complexity index is 448. The van der Waals surface area contributed by atoms with E-state index in [-0.39, 0.29) is 17.4 Å². The maximum absolute atomic E-state index is 10.8. The number of hydrogen-bond acceptors (Lipinski definition) is 3. The van der Waals surface area contributed by atoms with E-state index in [1.54, 1.807) is 12.1 Å². The molecule has 1 aliphatic rings. The molecule has 1 fully saturated rings. The van der Waals surface area contributed by atoms with Crippen LogP contribution in [0.4, 0.5) is 5.69 Å². The van der Waals surface area contributed by atoms with Gasteiger partial charge in [-0.15, -0.1) is 23.2 Å². The number of halogens is 2. The van der Waals surface area contributed by atoms with Crippen molar-refractivity contribution in [1.29, 1.82) is 0 Å². The Labute approximate surface area is 102 Å². The fourth-order valence-corrected chi connectivity index (χ4v) is 2.20. The van der Waals surface area contributed by atoms with E-state index in [1.807, 2.05) is 0 Å². The predicted octanol–water partition coefficient (Wildman–Crippen LogP) is 3.26. The van der Waals surface area contributed by atoms with Crippen LogP contribution in [0.2, 0.25) is 0 Å². The summed E-state index contributed by atoms with van der Waals surface area (Å²) in [4.78, 5) is 10.3. The maximum atomic E-state index is 10.8. The van der Waals surface area contributed by atoms with Crippen LogP contribution in [0.25, 0.3) is 0 Å². The van der Waals surface area contributed by atoms with Crippen LogP contribution in [0, 0.1) is 10.1 Å².